The molecule has 0 aliphatic carbocycles. The topological polar surface area (TPSA) is 153 Å². The van der Waals surface area contributed by atoms with E-state index in [1.54, 1.807) is 21.9 Å². The first kappa shape index (κ1) is 52.7. The number of likely N-dealkylation sites (tertiary alicyclic amines) is 4. The van der Waals surface area contributed by atoms with Crippen molar-refractivity contribution in [3.05, 3.63) is 155 Å². The van der Waals surface area contributed by atoms with Gasteiger partial charge < -0.3 is 30.0 Å². The monoisotopic (exact) mass is 1030 g/mol. The molecule has 2 amide bonds. The number of piperidine rings is 4. The fraction of sp³-hybridized carbons (Fsp3) is 0.379. The smallest absolute Gasteiger partial charge is 0.321 e. The highest BCUT2D eigenvalue weighted by Gasteiger charge is 2.40. The van der Waals surface area contributed by atoms with Crippen LogP contribution in [0.2, 0.25) is 0 Å². The third-order valence-corrected chi connectivity index (χ3v) is 15.7. The number of hydrogen-bond donors (Lipinski definition) is 4. The van der Waals surface area contributed by atoms with Crippen molar-refractivity contribution < 1.29 is 51.3 Å². The van der Waals surface area contributed by atoms with Crippen LogP contribution in [0.1, 0.15) is 85.5 Å². The molecule has 75 heavy (non-hydrogen) atoms. The average Bonchev–Trinajstić information content (AvgIpc) is 4.03. The number of nitrogens with zero attached hydrogens (tertiary/aromatic N) is 4. The molecule has 4 N–H and O–H groups in total. The van der Waals surface area contributed by atoms with Crippen LogP contribution >= 0.6 is 0 Å². The van der Waals surface area contributed by atoms with E-state index in [9.17, 15) is 51.3 Å². The molecule has 2 aromatic heterocycles. The maximum atomic E-state index is 13.8. The van der Waals surface area contributed by atoms with E-state index in [2.05, 4.69) is 33.2 Å². The van der Waals surface area contributed by atoms with E-state index in [0.717, 1.165) is 97.2 Å². The number of hydrogen-bond acceptors (Lipinski definition) is 6. The van der Waals surface area contributed by atoms with Crippen LogP contribution in [0.5, 0.6) is 0 Å². The van der Waals surface area contributed by atoms with Crippen molar-refractivity contribution in [2.45, 2.75) is 75.3 Å². The molecule has 12 nitrogen and oxygen atoms in total. The molecule has 6 aromatic rings. The Hall–Kier alpha value is -7.11. The molecule has 4 aromatic carbocycles. The Labute approximate surface area is 431 Å². The number of carbonyl (C=O) groups excluding carboxylic acids is 2. The van der Waals surface area contributed by atoms with Crippen LogP contribution in [0.3, 0.4) is 0 Å². The molecular weight excluding hydrogens is 972 g/mol. The Morgan fingerprint density at radius 3 is 1.31 bits per heavy atom. The molecule has 6 heterocycles. The van der Waals surface area contributed by atoms with E-state index in [-0.39, 0.29) is 46.5 Å². The highest BCUT2D eigenvalue weighted by Crippen LogP contribution is 2.38. The molecule has 2 atom stereocenters. The fourth-order valence-electron chi connectivity index (χ4n) is 11.9. The summed E-state index contributed by atoms with van der Waals surface area (Å²) in [6, 6.07) is 18.0. The minimum absolute atomic E-state index is 0.0347. The number of aromatic amines is 2. The zero-order valence-corrected chi connectivity index (χ0v) is 41.5. The van der Waals surface area contributed by atoms with Gasteiger partial charge in [-0.15, -0.1) is 0 Å². The van der Waals surface area contributed by atoms with Gasteiger partial charge in [0.2, 0.25) is 11.8 Å². The number of aromatic nitrogens is 2. The van der Waals surface area contributed by atoms with Gasteiger partial charge in [0.25, 0.3) is 0 Å². The van der Waals surface area contributed by atoms with E-state index >= 15 is 0 Å². The van der Waals surface area contributed by atoms with Crippen LogP contribution in [0.25, 0.3) is 34.0 Å². The summed E-state index contributed by atoms with van der Waals surface area (Å²) in [7, 11) is 0. The molecule has 4 aliphatic rings. The lowest BCUT2D eigenvalue weighted by Gasteiger charge is -2.41. The summed E-state index contributed by atoms with van der Waals surface area (Å²) >= 11 is 0. The summed E-state index contributed by atoms with van der Waals surface area (Å²) in [5.41, 5.74) is 4.95. The van der Waals surface area contributed by atoms with Gasteiger partial charge in [-0.3, -0.25) is 29.0 Å². The number of carboxylic acid groups (broad SMARTS) is 2. The normalized spacial score (nSPS) is 18.9. The summed E-state index contributed by atoms with van der Waals surface area (Å²) < 4.78 is 67.3. The third-order valence-electron chi connectivity index (χ3n) is 15.7. The molecule has 0 spiro atoms. The predicted molar refractivity (Wildman–Crippen MR) is 276 cm³/mol. The number of aliphatic carboxylic acids is 2. The number of rotatable bonds is 12. The summed E-state index contributed by atoms with van der Waals surface area (Å²) in [5, 5.41) is 22.3. The summed E-state index contributed by atoms with van der Waals surface area (Å²) in [5.74, 6) is -4.74. The molecule has 0 bridgehead atoms. The van der Waals surface area contributed by atoms with E-state index in [0.29, 0.717) is 70.9 Å². The quantitative estimate of drug-likeness (QED) is 0.0698. The molecule has 394 valence electrons. The standard InChI is InChI=1S/C29H30F3N3O3.C29H31F2N3O3/c30-21-2-3-26-24(16-21)25(17-33-26)19-5-11-35(12-6-19)28(29(37)38)20-7-9-34(10-8-20)27(36)4-1-18-13-22(31)15-23(32)14-18;30-22-15-19(16-23(31)17-22)5-6-27(35)33-11-9-21(10-12-33)28(29(36)37)34-13-7-20(8-14-34)25-18-32-26-4-2-1-3-24(25)26/h1-4,13-17,19-20,28,33H,5-12H2,(H,37,38);1-6,15-18,20-21,28,32H,7-14H2,(H,36,37)/b4-1+;6-5+. The van der Waals surface area contributed by atoms with Crippen molar-refractivity contribution in [2.75, 3.05) is 52.4 Å². The van der Waals surface area contributed by atoms with Gasteiger partial charge in [0.1, 0.15) is 41.2 Å². The van der Waals surface area contributed by atoms with Crippen LogP contribution in [0.15, 0.2) is 103 Å². The number of amides is 2. The first-order valence-corrected chi connectivity index (χ1v) is 25.8. The number of carboxylic acids is 2. The SMILES string of the molecule is O=C(O)C(C1CCN(C(=O)/C=C/c2cc(F)cc(F)c2)CC1)N1CCC(c2c[nH]c3ccc(F)cc23)CC1.O=C(O)C(C1CCN(C(=O)/C=C/c2cc(F)cc(F)c2)CC1)N1CCC(c2c[nH]c3ccccc23)CC1. The Kier molecular flexibility index (Phi) is 16.6. The van der Waals surface area contributed by atoms with Crippen molar-refractivity contribution in [1.82, 2.24) is 29.6 Å². The molecule has 0 saturated carbocycles. The predicted octanol–water partition coefficient (Wildman–Crippen LogP) is 10.2. The van der Waals surface area contributed by atoms with Crippen LogP contribution < -0.4 is 0 Å². The summed E-state index contributed by atoms with van der Waals surface area (Å²) in [6.07, 6.45) is 15.2. The van der Waals surface area contributed by atoms with Gasteiger partial charge >= 0.3 is 11.9 Å². The number of nitrogens with one attached hydrogen (secondary N) is 2. The molecule has 4 saturated heterocycles. The molecule has 2 unspecified atom stereocenters. The summed E-state index contributed by atoms with van der Waals surface area (Å²) in [4.78, 5) is 63.9. The van der Waals surface area contributed by atoms with Crippen LogP contribution in [-0.4, -0.2) is 128 Å². The van der Waals surface area contributed by atoms with Crippen molar-refractivity contribution >= 4 is 57.7 Å². The van der Waals surface area contributed by atoms with Crippen molar-refractivity contribution in [1.29, 1.82) is 0 Å². The van der Waals surface area contributed by atoms with Gasteiger partial charge in [-0.1, -0.05) is 18.2 Å². The molecular formula is C58H61F5N6O6. The van der Waals surface area contributed by atoms with Crippen LogP contribution in [0, 0.1) is 40.9 Å². The molecule has 17 heteroatoms. The minimum atomic E-state index is -0.851. The number of fused-ring (bicyclic) bond motifs is 2. The lowest BCUT2D eigenvalue weighted by molar-refractivity contribution is -0.148. The fourth-order valence-corrected chi connectivity index (χ4v) is 11.9. The Balaban J connectivity index is 0.000000184. The van der Waals surface area contributed by atoms with E-state index < -0.39 is 47.3 Å². The number of carbonyl (C=O) groups is 4. The third kappa shape index (κ3) is 12.7. The Bertz CT molecular complexity index is 3030. The largest absolute Gasteiger partial charge is 0.480 e. The Morgan fingerprint density at radius 1 is 0.480 bits per heavy atom. The number of benzene rings is 4. The minimum Gasteiger partial charge on any atom is -0.480 e. The average molecular weight is 1030 g/mol. The summed E-state index contributed by atoms with van der Waals surface area (Å²) in [6.45, 7) is 4.49. The van der Waals surface area contributed by atoms with Gasteiger partial charge in [0.05, 0.1) is 0 Å². The maximum absolute atomic E-state index is 13.8. The van der Waals surface area contributed by atoms with E-state index in [4.69, 9.17) is 0 Å². The van der Waals surface area contributed by atoms with Gasteiger partial charge in [-0.05, 0) is 184 Å². The van der Waals surface area contributed by atoms with Gasteiger partial charge in [0, 0.05) is 84.7 Å². The highest BCUT2D eigenvalue weighted by molar-refractivity contribution is 5.92. The highest BCUT2D eigenvalue weighted by atomic mass is 19.1. The number of halogens is 5. The van der Waals surface area contributed by atoms with Gasteiger partial charge in [0.15, 0.2) is 0 Å². The first-order chi connectivity index (χ1) is 36.2. The number of para-hydroxylation sites is 1. The zero-order valence-electron chi connectivity index (χ0n) is 41.5. The molecule has 4 fully saturated rings. The second kappa shape index (κ2) is 23.6. The molecule has 0 radical (unpaired) electrons. The van der Waals surface area contributed by atoms with Crippen molar-refractivity contribution in [2.24, 2.45) is 11.8 Å². The lowest BCUT2D eigenvalue weighted by Crippen LogP contribution is -2.52. The first-order valence-electron chi connectivity index (χ1n) is 25.8. The Morgan fingerprint density at radius 2 is 0.880 bits per heavy atom. The second-order valence-electron chi connectivity index (χ2n) is 20.3. The van der Waals surface area contributed by atoms with Crippen LogP contribution in [0.4, 0.5) is 22.0 Å². The van der Waals surface area contributed by atoms with E-state index in [1.165, 1.54) is 41.3 Å². The zero-order chi connectivity index (χ0) is 52.8. The van der Waals surface area contributed by atoms with Crippen molar-refractivity contribution in [3.63, 3.8) is 0 Å². The second-order valence-corrected chi connectivity index (χ2v) is 20.3. The maximum Gasteiger partial charge on any atom is 0.321 e. The molecule has 10 rings (SSSR count). The van der Waals surface area contributed by atoms with E-state index in [1.807, 2.05) is 23.2 Å². The molecule has 4 aliphatic heterocycles. The van der Waals surface area contributed by atoms with Crippen molar-refractivity contribution in [3.8, 4) is 0 Å². The number of H-pyrrole nitrogens is 2. The van der Waals surface area contributed by atoms with Gasteiger partial charge in [-0.2, -0.15) is 0 Å². The van der Waals surface area contributed by atoms with Gasteiger partial charge in [-0.25, -0.2) is 22.0 Å². The lowest BCUT2D eigenvalue weighted by atomic mass is 9.84. The van der Waals surface area contributed by atoms with Crippen LogP contribution in [-0.2, 0) is 19.2 Å².